The van der Waals surface area contributed by atoms with Gasteiger partial charge < -0.3 is 10.4 Å². The Kier molecular flexibility index (Phi) is 4.42. The van der Waals surface area contributed by atoms with Gasteiger partial charge in [0.15, 0.2) is 0 Å². The van der Waals surface area contributed by atoms with Crippen LogP contribution in [0.3, 0.4) is 0 Å². The second-order valence-corrected chi connectivity index (χ2v) is 5.35. The summed E-state index contributed by atoms with van der Waals surface area (Å²) < 4.78 is 0. The summed E-state index contributed by atoms with van der Waals surface area (Å²) in [6.07, 6.45) is 1.49. The van der Waals surface area contributed by atoms with E-state index in [2.05, 4.69) is 5.32 Å². The molecule has 2 unspecified atom stereocenters. The van der Waals surface area contributed by atoms with Gasteiger partial charge in [-0.1, -0.05) is 11.6 Å². The van der Waals surface area contributed by atoms with Crippen LogP contribution in [0.4, 0.5) is 5.69 Å². The number of hydrogen-bond acceptors (Lipinski definition) is 4. The minimum absolute atomic E-state index is 0.00511. The van der Waals surface area contributed by atoms with E-state index >= 15 is 0 Å². The Labute approximate surface area is 125 Å². The van der Waals surface area contributed by atoms with E-state index in [4.69, 9.17) is 16.7 Å². The molecule has 0 radical (unpaired) electrons. The molecule has 1 amide bonds. The van der Waals surface area contributed by atoms with Gasteiger partial charge in [-0.25, -0.2) is 0 Å². The lowest BCUT2D eigenvalue weighted by Gasteiger charge is -2.13. The molecule has 2 atom stereocenters. The summed E-state index contributed by atoms with van der Waals surface area (Å²) in [5.41, 5.74) is -0.0515. The maximum absolute atomic E-state index is 12.1. The number of carbonyl (C=O) groups is 2. The first-order chi connectivity index (χ1) is 9.88. The number of nitrogens with zero attached hydrogens (tertiary/aromatic N) is 1. The maximum Gasteiger partial charge on any atom is 0.306 e. The summed E-state index contributed by atoms with van der Waals surface area (Å²) in [5, 5.41) is 22.2. The lowest BCUT2D eigenvalue weighted by molar-refractivity contribution is -0.384. The highest BCUT2D eigenvalue weighted by atomic mass is 35.5. The van der Waals surface area contributed by atoms with Crippen molar-refractivity contribution >= 4 is 29.2 Å². The van der Waals surface area contributed by atoms with Gasteiger partial charge in [0.1, 0.15) is 0 Å². The molecule has 2 N–H and O–H groups in total. The smallest absolute Gasteiger partial charge is 0.306 e. The van der Waals surface area contributed by atoms with Crippen LogP contribution in [0.1, 0.15) is 29.6 Å². The fourth-order valence-corrected chi connectivity index (χ4v) is 2.66. The first kappa shape index (κ1) is 15.2. The zero-order valence-corrected chi connectivity index (χ0v) is 11.7. The van der Waals surface area contributed by atoms with Crippen molar-refractivity contribution in [1.29, 1.82) is 0 Å². The van der Waals surface area contributed by atoms with Crippen molar-refractivity contribution in [3.05, 3.63) is 38.9 Å². The van der Waals surface area contributed by atoms with Gasteiger partial charge in [0, 0.05) is 18.2 Å². The number of aliphatic carboxylic acids is 1. The van der Waals surface area contributed by atoms with Gasteiger partial charge in [0.05, 0.1) is 21.4 Å². The number of carboxylic acids is 1. The number of rotatable bonds is 4. The van der Waals surface area contributed by atoms with Gasteiger partial charge in [-0.2, -0.15) is 0 Å². The SMILES string of the molecule is O=C(NC1CCC(C(=O)O)C1)c1ccc([N+](=O)[O-])cc1Cl. The molecule has 1 fully saturated rings. The Morgan fingerprint density at radius 2 is 2.10 bits per heavy atom. The van der Waals surface area contributed by atoms with Crippen molar-refractivity contribution < 1.29 is 19.6 Å². The molecule has 1 aliphatic carbocycles. The summed E-state index contributed by atoms with van der Waals surface area (Å²) >= 11 is 5.87. The molecule has 0 aliphatic heterocycles. The quantitative estimate of drug-likeness (QED) is 0.654. The molecule has 7 nitrogen and oxygen atoms in total. The van der Waals surface area contributed by atoms with Crippen LogP contribution in [0.5, 0.6) is 0 Å². The summed E-state index contributed by atoms with van der Waals surface area (Å²) in [7, 11) is 0. The van der Waals surface area contributed by atoms with E-state index in [0.717, 1.165) is 6.07 Å². The van der Waals surface area contributed by atoms with Crippen molar-refractivity contribution in [2.75, 3.05) is 0 Å². The molecular weight excluding hydrogens is 300 g/mol. The van der Waals surface area contributed by atoms with Crippen LogP contribution >= 0.6 is 11.6 Å². The van der Waals surface area contributed by atoms with Gasteiger partial charge in [-0.3, -0.25) is 19.7 Å². The van der Waals surface area contributed by atoms with E-state index in [1.807, 2.05) is 0 Å². The fourth-order valence-electron chi connectivity index (χ4n) is 2.40. The molecule has 1 saturated carbocycles. The van der Waals surface area contributed by atoms with Crippen molar-refractivity contribution in [3.63, 3.8) is 0 Å². The molecule has 8 heteroatoms. The zero-order valence-electron chi connectivity index (χ0n) is 10.9. The van der Waals surface area contributed by atoms with Gasteiger partial charge in [-0.15, -0.1) is 0 Å². The molecular formula is C13H13ClN2O5. The summed E-state index contributed by atoms with van der Waals surface area (Å²) in [4.78, 5) is 32.9. The highest BCUT2D eigenvalue weighted by Gasteiger charge is 2.31. The minimum Gasteiger partial charge on any atom is -0.481 e. The number of benzene rings is 1. The predicted octanol–water partition coefficient (Wildman–Crippen LogP) is 2.23. The van der Waals surface area contributed by atoms with E-state index in [-0.39, 0.29) is 22.3 Å². The average Bonchev–Trinajstić information content (AvgIpc) is 2.87. The molecule has 2 rings (SSSR count). The van der Waals surface area contributed by atoms with Gasteiger partial charge in [0.2, 0.25) is 0 Å². The summed E-state index contributed by atoms with van der Waals surface area (Å²) in [6.45, 7) is 0. The Morgan fingerprint density at radius 1 is 1.38 bits per heavy atom. The van der Waals surface area contributed by atoms with Crippen LogP contribution in [0.15, 0.2) is 18.2 Å². The zero-order chi connectivity index (χ0) is 15.6. The largest absolute Gasteiger partial charge is 0.481 e. The van der Waals surface area contributed by atoms with Crippen LogP contribution in [0.2, 0.25) is 5.02 Å². The van der Waals surface area contributed by atoms with Crippen molar-refractivity contribution in [2.45, 2.75) is 25.3 Å². The van der Waals surface area contributed by atoms with Crippen molar-refractivity contribution in [1.82, 2.24) is 5.32 Å². The lowest BCUT2D eigenvalue weighted by atomic mass is 10.1. The molecule has 0 saturated heterocycles. The number of non-ortho nitro benzene ring substituents is 1. The third kappa shape index (κ3) is 3.49. The van der Waals surface area contributed by atoms with Gasteiger partial charge >= 0.3 is 5.97 Å². The highest BCUT2D eigenvalue weighted by molar-refractivity contribution is 6.34. The molecule has 0 heterocycles. The van der Waals surface area contributed by atoms with Crippen LogP contribution in [-0.4, -0.2) is 27.9 Å². The van der Waals surface area contributed by atoms with E-state index < -0.39 is 22.7 Å². The minimum atomic E-state index is -0.861. The van der Waals surface area contributed by atoms with E-state index in [9.17, 15) is 19.7 Å². The van der Waals surface area contributed by atoms with Crippen LogP contribution in [-0.2, 0) is 4.79 Å². The maximum atomic E-state index is 12.1. The van der Waals surface area contributed by atoms with E-state index in [0.29, 0.717) is 19.3 Å². The van der Waals surface area contributed by atoms with Gasteiger partial charge in [0.25, 0.3) is 11.6 Å². The number of carbonyl (C=O) groups excluding carboxylic acids is 1. The summed E-state index contributed by atoms with van der Waals surface area (Å²) in [6, 6.07) is 3.39. The lowest BCUT2D eigenvalue weighted by Crippen LogP contribution is -2.33. The first-order valence-corrected chi connectivity index (χ1v) is 6.74. The third-order valence-electron chi connectivity index (χ3n) is 3.53. The van der Waals surface area contributed by atoms with Crippen molar-refractivity contribution in [3.8, 4) is 0 Å². The monoisotopic (exact) mass is 312 g/mol. The number of amides is 1. The predicted molar refractivity (Wildman–Crippen MR) is 74.3 cm³/mol. The molecule has 1 aromatic carbocycles. The Hall–Kier alpha value is -2.15. The Bertz CT molecular complexity index is 604. The molecule has 0 spiro atoms. The summed E-state index contributed by atoms with van der Waals surface area (Å²) in [5.74, 6) is -1.76. The Morgan fingerprint density at radius 3 is 2.62 bits per heavy atom. The number of carboxylic acid groups (broad SMARTS) is 1. The molecule has 112 valence electrons. The van der Waals surface area contributed by atoms with Gasteiger partial charge in [-0.05, 0) is 25.3 Å². The second-order valence-electron chi connectivity index (χ2n) is 4.94. The third-order valence-corrected chi connectivity index (χ3v) is 3.84. The number of nitro groups is 1. The second kappa shape index (κ2) is 6.09. The van der Waals surface area contributed by atoms with Crippen LogP contribution < -0.4 is 5.32 Å². The number of halogens is 1. The number of hydrogen-bond donors (Lipinski definition) is 2. The highest BCUT2D eigenvalue weighted by Crippen LogP contribution is 2.27. The average molecular weight is 313 g/mol. The van der Waals surface area contributed by atoms with Crippen LogP contribution in [0.25, 0.3) is 0 Å². The molecule has 0 bridgehead atoms. The first-order valence-electron chi connectivity index (χ1n) is 6.36. The Balaban J connectivity index is 2.04. The van der Waals surface area contributed by atoms with E-state index in [1.165, 1.54) is 12.1 Å². The normalized spacial score (nSPS) is 21.0. The number of nitro benzene ring substituents is 1. The molecule has 0 aromatic heterocycles. The topological polar surface area (TPSA) is 110 Å². The van der Waals surface area contributed by atoms with Crippen LogP contribution in [0, 0.1) is 16.0 Å². The standard InChI is InChI=1S/C13H13ClN2O5/c14-11-6-9(16(20)21)3-4-10(11)12(17)15-8-2-1-7(5-8)13(18)19/h3-4,6-8H,1-2,5H2,(H,15,17)(H,18,19). The van der Waals surface area contributed by atoms with E-state index in [1.54, 1.807) is 0 Å². The molecule has 21 heavy (non-hydrogen) atoms. The van der Waals surface area contributed by atoms with Crippen molar-refractivity contribution in [2.24, 2.45) is 5.92 Å². The molecule has 1 aromatic rings. The fraction of sp³-hybridized carbons (Fsp3) is 0.385. The molecule has 1 aliphatic rings. The number of nitrogens with one attached hydrogen (secondary N) is 1.